The van der Waals surface area contributed by atoms with Crippen molar-refractivity contribution in [3.8, 4) is 0 Å². The van der Waals surface area contributed by atoms with Crippen LogP contribution in [0.3, 0.4) is 0 Å². The number of carboxylic acid groups (broad SMARTS) is 1. The molecule has 0 bridgehead atoms. The van der Waals surface area contributed by atoms with Crippen LogP contribution in [0.25, 0.3) is 10.9 Å². The lowest BCUT2D eigenvalue weighted by molar-refractivity contribution is -0.157. The predicted molar refractivity (Wildman–Crippen MR) is 104 cm³/mol. The zero-order chi connectivity index (χ0) is 19.3. The maximum Gasteiger partial charge on any atom is 0.309 e. The number of ether oxygens (including phenoxy) is 2. The van der Waals surface area contributed by atoms with Gasteiger partial charge in [-0.3, -0.25) is 4.79 Å². The molecule has 3 heterocycles. The molecule has 0 spiro atoms. The van der Waals surface area contributed by atoms with E-state index in [4.69, 9.17) is 9.47 Å². The number of hydrogen-bond donors (Lipinski definition) is 2. The van der Waals surface area contributed by atoms with Gasteiger partial charge in [-0.2, -0.15) is 0 Å². The van der Waals surface area contributed by atoms with Gasteiger partial charge in [0.15, 0.2) is 0 Å². The molecule has 0 amide bonds. The van der Waals surface area contributed by atoms with Gasteiger partial charge in [-0.05, 0) is 69.4 Å². The molecule has 1 aromatic carbocycles. The highest BCUT2D eigenvalue weighted by Crippen LogP contribution is 2.66. The highest BCUT2D eigenvalue weighted by atomic mass is 16.6. The molecule has 148 valence electrons. The van der Waals surface area contributed by atoms with E-state index in [1.807, 2.05) is 13.0 Å². The second kappa shape index (κ2) is 5.19. The fraction of sp³-hybridized carbons (Fsp3) is 0.609. The number of hydrogen-bond acceptors (Lipinski definition) is 3. The largest absolute Gasteiger partial charge is 0.481 e. The molecule has 2 N–H and O–H groups in total. The van der Waals surface area contributed by atoms with Gasteiger partial charge in [0.2, 0.25) is 0 Å². The summed E-state index contributed by atoms with van der Waals surface area (Å²) in [5, 5.41) is 11.3. The quantitative estimate of drug-likeness (QED) is 0.780. The second-order valence-electron chi connectivity index (χ2n) is 9.84. The fourth-order valence-corrected chi connectivity index (χ4v) is 6.82. The number of benzene rings is 1. The summed E-state index contributed by atoms with van der Waals surface area (Å²) in [5.74, 6) is -0.351. The van der Waals surface area contributed by atoms with E-state index in [0.717, 1.165) is 36.9 Å². The topological polar surface area (TPSA) is 78.2 Å². The summed E-state index contributed by atoms with van der Waals surface area (Å²) in [6.07, 6.45) is 4.93. The Morgan fingerprint density at radius 3 is 2.75 bits per heavy atom. The van der Waals surface area contributed by atoms with Crippen LogP contribution in [0.2, 0.25) is 0 Å². The van der Waals surface area contributed by atoms with Crippen LogP contribution < -0.4 is 0 Å². The van der Waals surface area contributed by atoms with Gasteiger partial charge in [-0.25, -0.2) is 0 Å². The van der Waals surface area contributed by atoms with E-state index in [1.165, 1.54) is 5.39 Å². The summed E-state index contributed by atoms with van der Waals surface area (Å²) in [7, 11) is 0. The number of fused-ring (bicyclic) bond motifs is 3. The number of epoxide rings is 2. The van der Waals surface area contributed by atoms with Crippen molar-refractivity contribution >= 4 is 16.9 Å². The lowest BCUT2D eigenvalue weighted by Crippen LogP contribution is -2.51. The van der Waals surface area contributed by atoms with Crippen LogP contribution in [0.15, 0.2) is 30.3 Å². The van der Waals surface area contributed by atoms with Gasteiger partial charge in [0.25, 0.3) is 0 Å². The van der Waals surface area contributed by atoms with Gasteiger partial charge in [0.1, 0.15) is 5.60 Å². The Labute approximate surface area is 164 Å². The zero-order valence-electron chi connectivity index (χ0n) is 16.4. The van der Waals surface area contributed by atoms with E-state index in [2.05, 4.69) is 36.2 Å². The number of rotatable bonds is 3. The number of carbonyl (C=O) groups is 1. The van der Waals surface area contributed by atoms with Crippen LogP contribution in [-0.2, 0) is 19.9 Å². The van der Waals surface area contributed by atoms with Gasteiger partial charge >= 0.3 is 5.97 Å². The zero-order valence-corrected chi connectivity index (χ0v) is 16.4. The Morgan fingerprint density at radius 2 is 1.96 bits per heavy atom. The Balaban J connectivity index is 1.37. The summed E-state index contributed by atoms with van der Waals surface area (Å²) < 4.78 is 12.4. The molecule has 28 heavy (non-hydrogen) atoms. The number of carboxylic acids is 1. The van der Waals surface area contributed by atoms with E-state index in [9.17, 15) is 9.90 Å². The minimum absolute atomic E-state index is 0.0302. The van der Waals surface area contributed by atoms with E-state index in [-0.39, 0.29) is 29.3 Å². The Morgan fingerprint density at radius 1 is 1.14 bits per heavy atom. The Hall–Kier alpha value is -1.85. The number of aromatic amines is 1. The van der Waals surface area contributed by atoms with Crippen LogP contribution in [0, 0.1) is 17.3 Å². The lowest BCUT2D eigenvalue weighted by Gasteiger charge is -2.46. The molecule has 5 nitrogen and oxygen atoms in total. The third-order valence-corrected chi connectivity index (χ3v) is 8.33. The first-order chi connectivity index (χ1) is 13.4. The highest BCUT2D eigenvalue weighted by molar-refractivity contribution is 5.80. The summed E-state index contributed by atoms with van der Waals surface area (Å²) in [6.45, 7) is 4.08. The van der Waals surface area contributed by atoms with E-state index < -0.39 is 11.4 Å². The van der Waals surface area contributed by atoms with Crippen molar-refractivity contribution in [2.24, 2.45) is 17.3 Å². The van der Waals surface area contributed by atoms with Crippen LogP contribution >= 0.6 is 0 Å². The number of nitrogens with one attached hydrogen (secondary N) is 1. The molecule has 7 atom stereocenters. The van der Waals surface area contributed by atoms with Gasteiger partial charge < -0.3 is 19.6 Å². The molecule has 2 aliphatic carbocycles. The summed E-state index contributed by atoms with van der Waals surface area (Å²) in [5.41, 5.74) is 0.984. The maximum absolute atomic E-state index is 12.3. The minimum Gasteiger partial charge on any atom is -0.481 e. The molecule has 5 heteroatoms. The summed E-state index contributed by atoms with van der Waals surface area (Å²) in [4.78, 5) is 15.9. The van der Waals surface area contributed by atoms with Gasteiger partial charge in [0.05, 0.1) is 28.9 Å². The molecule has 1 aromatic heterocycles. The summed E-state index contributed by atoms with van der Waals surface area (Å²) >= 11 is 0. The van der Waals surface area contributed by atoms with Crippen molar-refractivity contribution in [1.82, 2.24) is 4.98 Å². The van der Waals surface area contributed by atoms with Crippen LogP contribution in [0.4, 0.5) is 0 Å². The molecule has 2 aliphatic heterocycles. The average Bonchev–Trinajstić information content (AvgIpc) is 3.51. The third kappa shape index (κ3) is 2.07. The smallest absolute Gasteiger partial charge is 0.309 e. The molecule has 2 saturated heterocycles. The van der Waals surface area contributed by atoms with E-state index >= 15 is 0 Å². The van der Waals surface area contributed by atoms with Crippen molar-refractivity contribution in [1.29, 1.82) is 0 Å². The van der Waals surface area contributed by atoms with Crippen molar-refractivity contribution in [3.05, 3.63) is 36.0 Å². The lowest BCUT2D eigenvalue weighted by atomic mass is 9.55. The third-order valence-electron chi connectivity index (χ3n) is 8.33. The first kappa shape index (κ1) is 17.0. The maximum atomic E-state index is 12.3. The van der Waals surface area contributed by atoms with Crippen molar-refractivity contribution in [2.75, 3.05) is 0 Å². The molecule has 4 aliphatic rings. The minimum atomic E-state index is -0.726. The molecule has 2 aromatic rings. The molecule has 4 fully saturated rings. The Bertz CT molecular complexity index is 951. The van der Waals surface area contributed by atoms with Crippen molar-refractivity contribution in [3.63, 3.8) is 0 Å². The number of aromatic nitrogens is 1. The highest BCUT2D eigenvalue weighted by Gasteiger charge is 2.72. The normalized spacial score (nSPS) is 46.6. The first-order valence-electron chi connectivity index (χ1n) is 10.5. The predicted octanol–water partition coefficient (Wildman–Crippen LogP) is 4.22. The van der Waals surface area contributed by atoms with Gasteiger partial charge in [0, 0.05) is 11.4 Å². The van der Waals surface area contributed by atoms with E-state index in [0.29, 0.717) is 12.3 Å². The fourth-order valence-electron chi connectivity index (χ4n) is 6.82. The number of aliphatic carboxylic acids is 1. The monoisotopic (exact) mass is 381 g/mol. The number of para-hydroxylation sites is 1. The van der Waals surface area contributed by atoms with E-state index in [1.54, 1.807) is 0 Å². The van der Waals surface area contributed by atoms with Crippen LogP contribution in [-0.4, -0.2) is 33.9 Å². The van der Waals surface area contributed by atoms with Gasteiger partial charge in [-0.1, -0.05) is 18.2 Å². The van der Waals surface area contributed by atoms with Crippen LogP contribution in [0.1, 0.15) is 51.6 Å². The number of H-pyrrole nitrogens is 1. The van der Waals surface area contributed by atoms with Crippen LogP contribution in [0.5, 0.6) is 0 Å². The molecule has 6 rings (SSSR count). The average molecular weight is 381 g/mol. The Kier molecular flexibility index (Phi) is 3.16. The second-order valence-corrected chi connectivity index (χ2v) is 9.84. The molecule has 2 saturated carbocycles. The molecular formula is C23H27NO4. The summed E-state index contributed by atoms with van der Waals surface area (Å²) in [6, 6.07) is 10.5. The standard InChI is InChI=1S/C23H27NO4/c1-21(20(25)26)10-9-17-22(2,27-17)19(21)14-7-8-18-23(12-14,28-18)16-11-13-5-3-4-6-15(13)24-16/h3-6,11,14,17-19,24H,7-10,12H2,1-2H3,(H,25,26). The van der Waals surface area contributed by atoms with Crippen molar-refractivity contribution in [2.45, 2.75) is 69.4 Å². The first-order valence-corrected chi connectivity index (χ1v) is 10.5. The molecular weight excluding hydrogens is 354 g/mol. The van der Waals surface area contributed by atoms with Crippen molar-refractivity contribution < 1.29 is 19.4 Å². The molecule has 7 unspecified atom stereocenters. The van der Waals surface area contributed by atoms with Gasteiger partial charge in [-0.15, -0.1) is 0 Å². The molecule has 0 radical (unpaired) electrons. The SMILES string of the molecule is CC1(C(=O)O)CCC2OC2(C)C1C1CCC2OC2(c2cc3ccccc3[nH]2)C1.